The monoisotopic (exact) mass is 253 g/mol. The van der Waals surface area contributed by atoms with Crippen LogP contribution in [0, 0.1) is 5.41 Å². The van der Waals surface area contributed by atoms with Gasteiger partial charge in [0.2, 0.25) is 0 Å². The number of ether oxygens (including phenoxy) is 1. The number of hydrogen-bond donors (Lipinski definition) is 1. The van der Waals surface area contributed by atoms with E-state index in [0.717, 1.165) is 13.2 Å². The van der Waals surface area contributed by atoms with E-state index in [0.29, 0.717) is 11.5 Å². The van der Waals surface area contributed by atoms with E-state index in [1.165, 1.54) is 30.6 Å². The van der Waals surface area contributed by atoms with Crippen LogP contribution in [0.4, 0.5) is 0 Å². The van der Waals surface area contributed by atoms with Gasteiger partial charge in [0.15, 0.2) is 0 Å². The highest BCUT2D eigenvalue weighted by Gasteiger charge is 2.41. The summed E-state index contributed by atoms with van der Waals surface area (Å²) in [6, 6.07) is 4.91. The van der Waals surface area contributed by atoms with E-state index < -0.39 is 0 Å². The normalized spacial score (nSPS) is 19.2. The fourth-order valence-electron chi connectivity index (χ4n) is 2.29. The van der Waals surface area contributed by atoms with E-state index in [-0.39, 0.29) is 0 Å². The van der Waals surface area contributed by atoms with Crippen LogP contribution in [0.5, 0.6) is 0 Å². The summed E-state index contributed by atoms with van der Waals surface area (Å²) in [4.78, 5) is 1.47. The number of thiophene rings is 1. The summed E-state index contributed by atoms with van der Waals surface area (Å²) in [7, 11) is 1.80. The molecule has 0 spiro atoms. The van der Waals surface area contributed by atoms with Gasteiger partial charge in [0.1, 0.15) is 0 Å². The maximum atomic E-state index is 5.20. The van der Waals surface area contributed by atoms with Gasteiger partial charge < -0.3 is 10.1 Å². The van der Waals surface area contributed by atoms with Crippen molar-refractivity contribution in [1.82, 2.24) is 5.32 Å². The van der Waals surface area contributed by atoms with Crippen molar-refractivity contribution in [2.24, 2.45) is 5.41 Å². The van der Waals surface area contributed by atoms with Crippen LogP contribution in [-0.2, 0) is 4.74 Å². The largest absolute Gasteiger partial charge is 0.385 e. The van der Waals surface area contributed by atoms with Gasteiger partial charge in [0, 0.05) is 31.2 Å². The second-order valence-corrected chi connectivity index (χ2v) is 6.08. The topological polar surface area (TPSA) is 21.3 Å². The molecular weight excluding hydrogens is 230 g/mol. The fourth-order valence-corrected chi connectivity index (χ4v) is 3.17. The van der Waals surface area contributed by atoms with Crippen LogP contribution < -0.4 is 5.32 Å². The van der Waals surface area contributed by atoms with Crippen LogP contribution in [0.2, 0.25) is 0 Å². The summed E-state index contributed by atoms with van der Waals surface area (Å²) >= 11 is 1.86. The zero-order chi connectivity index (χ0) is 12.1. The summed E-state index contributed by atoms with van der Waals surface area (Å²) < 4.78 is 5.20. The molecule has 3 heteroatoms. The lowest BCUT2D eigenvalue weighted by molar-refractivity contribution is 0.170. The lowest BCUT2D eigenvalue weighted by Gasteiger charge is -2.21. The maximum absolute atomic E-state index is 5.20. The Hall–Kier alpha value is -0.380. The highest BCUT2D eigenvalue weighted by molar-refractivity contribution is 7.10. The van der Waals surface area contributed by atoms with Crippen LogP contribution in [0.1, 0.15) is 43.5 Å². The molecule has 1 fully saturated rings. The smallest absolute Gasteiger partial charge is 0.0468 e. The Balaban J connectivity index is 1.80. The molecule has 0 bridgehead atoms. The third kappa shape index (κ3) is 3.54. The first-order chi connectivity index (χ1) is 8.29. The molecule has 1 aliphatic rings. The standard InChI is InChI=1S/C14H23NOS/c1-3-12(13-5-4-10-17-13)15-11-14(6-7-14)8-9-16-2/h4-5,10,12,15H,3,6-9,11H2,1-2H3. The van der Waals surface area contributed by atoms with Gasteiger partial charge in [0.25, 0.3) is 0 Å². The Labute approximate surface area is 108 Å². The maximum Gasteiger partial charge on any atom is 0.0468 e. The van der Waals surface area contributed by atoms with Crippen molar-refractivity contribution in [3.63, 3.8) is 0 Å². The van der Waals surface area contributed by atoms with E-state index >= 15 is 0 Å². The van der Waals surface area contributed by atoms with Crippen molar-refractivity contribution in [1.29, 1.82) is 0 Å². The van der Waals surface area contributed by atoms with Gasteiger partial charge in [-0.3, -0.25) is 0 Å². The molecule has 1 heterocycles. The van der Waals surface area contributed by atoms with Crippen LogP contribution in [0.25, 0.3) is 0 Å². The van der Waals surface area contributed by atoms with Crippen LogP contribution >= 0.6 is 11.3 Å². The number of hydrogen-bond acceptors (Lipinski definition) is 3. The summed E-state index contributed by atoms with van der Waals surface area (Å²) in [5, 5.41) is 5.90. The number of methoxy groups -OCH3 is 1. The van der Waals surface area contributed by atoms with Gasteiger partial charge in [-0.25, -0.2) is 0 Å². The molecule has 17 heavy (non-hydrogen) atoms. The minimum Gasteiger partial charge on any atom is -0.385 e. The van der Waals surface area contributed by atoms with Crippen LogP contribution in [0.15, 0.2) is 17.5 Å². The predicted octanol–water partition coefficient (Wildman–Crippen LogP) is 3.61. The van der Waals surface area contributed by atoms with Crippen molar-refractivity contribution in [3.05, 3.63) is 22.4 Å². The van der Waals surface area contributed by atoms with Crippen molar-refractivity contribution >= 4 is 11.3 Å². The zero-order valence-corrected chi connectivity index (χ0v) is 11.7. The van der Waals surface area contributed by atoms with Gasteiger partial charge in [-0.05, 0) is 42.5 Å². The molecule has 1 aromatic rings. The molecule has 2 rings (SSSR count). The average molecular weight is 253 g/mol. The van der Waals surface area contributed by atoms with Crippen molar-refractivity contribution < 1.29 is 4.74 Å². The second kappa shape index (κ2) is 5.98. The van der Waals surface area contributed by atoms with Gasteiger partial charge in [-0.2, -0.15) is 0 Å². The van der Waals surface area contributed by atoms with Crippen LogP contribution in [-0.4, -0.2) is 20.3 Å². The summed E-state index contributed by atoms with van der Waals surface area (Å²) in [5.74, 6) is 0. The van der Waals surface area contributed by atoms with Crippen molar-refractivity contribution in [2.75, 3.05) is 20.3 Å². The Morgan fingerprint density at radius 3 is 2.88 bits per heavy atom. The van der Waals surface area contributed by atoms with E-state index in [1.807, 2.05) is 11.3 Å². The molecule has 0 aromatic carbocycles. The molecule has 1 aliphatic carbocycles. The fraction of sp³-hybridized carbons (Fsp3) is 0.714. The lowest BCUT2D eigenvalue weighted by atomic mass is 10.0. The zero-order valence-electron chi connectivity index (χ0n) is 10.9. The van der Waals surface area contributed by atoms with Gasteiger partial charge in [-0.15, -0.1) is 11.3 Å². The first kappa shape index (κ1) is 13.1. The average Bonchev–Trinajstić information content (AvgIpc) is 2.90. The molecule has 0 aliphatic heterocycles. The van der Waals surface area contributed by atoms with E-state index in [9.17, 15) is 0 Å². The minimum atomic E-state index is 0.537. The highest BCUT2D eigenvalue weighted by atomic mass is 32.1. The molecule has 1 unspecified atom stereocenters. The van der Waals surface area contributed by atoms with E-state index in [1.54, 1.807) is 7.11 Å². The second-order valence-electron chi connectivity index (χ2n) is 5.10. The summed E-state index contributed by atoms with van der Waals surface area (Å²) in [6.07, 6.45) is 5.10. The molecule has 1 N–H and O–H groups in total. The molecular formula is C14H23NOS. The first-order valence-electron chi connectivity index (χ1n) is 6.55. The predicted molar refractivity (Wildman–Crippen MR) is 73.5 cm³/mol. The third-order valence-corrected chi connectivity index (χ3v) is 4.80. The molecule has 1 saturated carbocycles. The van der Waals surface area contributed by atoms with E-state index in [2.05, 4.69) is 29.8 Å². The molecule has 0 radical (unpaired) electrons. The number of rotatable bonds is 8. The Morgan fingerprint density at radius 2 is 2.35 bits per heavy atom. The van der Waals surface area contributed by atoms with Crippen molar-refractivity contribution in [3.8, 4) is 0 Å². The van der Waals surface area contributed by atoms with Gasteiger partial charge >= 0.3 is 0 Å². The third-order valence-electron chi connectivity index (χ3n) is 3.81. The Morgan fingerprint density at radius 1 is 1.53 bits per heavy atom. The van der Waals surface area contributed by atoms with Crippen LogP contribution in [0.3, 0.4) is 0 Å². The molecule has 96 valence electrons. The molecule has 2 nitrogen and oxygen atoms in total. The molecule has 0 saturated heterocycles. The minimum absolute atomic E-state index is 0.537. The molecule has 1 aromatic heterocycles. The first-order valence-corrected chi connectivity index (χ1v) is 7.43. The quantitative estimate of drug-likeness (QED) is 0.764. The van der Waals surface area contributed by atoms with Crippen molar-refractivity contribution in [2.45, 2.75) is 38.6 Å². The summed E-state index contributed by atoms with van der Waals surface area (Å²) in [6.45, 7) is 4.30. The van der Waals surface area contributed by atoms with Gasteiger partial charge in [-0.1, -0.05) is 13.0 Å². The molecule has 0 amide bonds. The number of nitrogens with one attached hydrogen (secondary N) is 1. The van der Waals surface area contributed by atoms with E-state index in [4.69, 9.17) is 4.74 Å². The van der Waals surface area contributed by atoms with Gasteiger partial charge in [0.05, 0.1) is 0 Å². The molecule has 1 atom stereocenters. The lowest BCUT2D eigenvalue weighted by Crippen LogP contribution is -2.28. The highest BCUT2D eigenvalue weighted by Crippen LogP contribution is 2.48. The SMILES string of the molecule is CCC(NCC1(CCOC)CC1)c1cccs1. The Bertz CT molecular complexity index is 319. The Kier molecular flexibility index (Phi) is 4.60. The summed E-state index contributed by atoms with van der Waals surface area (Å²) in [5.41, 5.74) is 0.542.